The fourth-order valence-corrected chi connectivity index (χ4v) is 3.17. The van der Waals surface area contributed by atoms with Crippen LogP contribution in [0.5, 0.6) is 5.75 Å². The summed E-state index contributed by atoms with van der Waals surface area (Å²) in [7, 11) is 0. The zero-order chi connectivity index (χ0) is 19.3. The van der Waals surface area contributed by atoms with Crippen molar-refractivity contribution < 1.29 is 13.9 Å². The maximum Gasteiger partial charge on any atom is 0.346 e. The summed E-state index contributed by atoms with van der Waals surface area (Å²) in [5.74, 6) is 0.0921. The van der Waals surface area contributed by atoms with Crippen LogP contribution in [0.4, 0.5) is 0 Å². The standard InChI is InChI=1S/C22H31NO4/c1-2-3-4-5-6-7-8-9-10-11-12-13-21(24)27-18-14-15-20-19(16-18)22(25)26-17-23-20/h14-17H,2-13H2,1H3. The van der Waals surface area contributed by atoms with Gasteiger partial charge in [0.1, 0.15) is 5.75 Å². The summed E-state index contributed by atoms with van der Waals surface area (Å²) in [5, 5.41) is 0.317. The quantitative estimate of drug-likeness (QED) is 0.252. The Balaban J connectivity index is 1.56. The molecule has 1 aromatic heterocycles. The molecule has 0 fully saturated rings. The predicted molar refractivity (Wildman–Crippen MR) is 107 cm³/mol. The molecule has 0 amide bonds. The van der Waals surface area contributed by atoms with Gasteiger partial charge in [0.05, 0.1) is 10.9 Å². The molecule has 5 nitrogen and oxygen atoms in total. The fraction of sp³-hybridized carbons (Fsp3) is 0.591. The zero-order valence-corrected chi connectivity index (χ0v) is 16.4. The molecule has 0 radical (unpaired) electrons. The third-order valence-electron chi connectivity index (χ3n) is 4.76. The van der Waals surface area contributed by atoms with Gasteiger partial charge in [-0.15, -0.1) is 0 Å². The highest BCUT2D eigenvalue weighted by molar-refractivity contribution is 5.80. The SMILES string of the molecule is CCCCCCCCCCCCCC(=O)Oc1ccc2ncoc(=O)c2c1. The second kappa shape index (κ2) is 12.3. The Morgan fingerprint density at radius 2 is 1.59 bits per heavy atom. The molecule has 0 aliphatic heterocycles. The van der Waals surface area contributed by atoms with Crippen LogP contribution in [0.1, 0.15) is 84.0 Å². The first-order chi connectivity index (χ1) is 13.2. The maximum atomic E-state index is 12.0. The van der Waals surface area contributed by atoms with Gasteiger partial charge in [-0.1, -0.05) is 71.1 Å². The molecule has 0 spiro atoms. The van der Waals surface area contributed by atoms with E-state index in [4.69, 9.17) is 9.15 Å². The van der Waals surface area contributed by atoms with E-state index in [1.807, 2.05) is 0 Å². The van der Waals surface area contributed by atoms with Gasteiger partial charge in [0, 0.05) is 6.42 Å². The molecule has 148 valence electrons. The van der Waals surface area contributed by atoms with Crippen LogP contribution in [0.3, 0.4) is 0 Å². The summed E-state index contributed by atoms with van der Waals surface area (Å²) in [5.41, 5.74) is 0.0414. The normalized spacial score (nSPS) is 11.0. The number of aromatic nitrogens is 1. The third kappa shape index (κ3) is 7.94. The second-order valence-electron chi connectivity index (χ2n) is 7.08. The highest BCUT2D eigenvalue weighted by Crippen LogP contribution is 2.18. The first-order valence-corrected chi connectivity index (χ1v) is 10.3. The monoisotopic (exact) mass is 373 g/mol. The molecule has 0 saturated heterocycles. The first-order valence-electron chi connectivity index (χ1n) is 10.3. The lowest BCUT2D eigenvalue weighted by Crippen LogP contribution is -2.08. The minimum Gasteiger partial charge on any atom is -0.427 e. The summed E-state index contributed by atoms with van der Waals surface area (Å²) in [6.45, 7) is 2.24. The van der Waals surface area contributed by atoms with Gasteiger partial charge >= 0.3 is 11.6 Å². The molecule has 0 saturated carbocycles. The lowest BCUT2D eigenvalue weighted by atomic mass is 10.1. The minimum atomic E-state index is -0.483. The Morgan fingerprint density at radius 1 is 0.963 bits per heavy atom. The lowest BCUT2D eigenvalue weighted by Gasteiger charge is -2.05. The fourth-order valence-electron chi connectivity index (χ4n) is 3.17. The summed E-state index contributed by atoms with van der Waals surface area (Å²) >= 11 is 0. The largest absolute Gasteiger partial charge is 0.427 e. The Kier molecular flexibility index (Phi) is 9.60. The van der Waals surface area contributed by atoms with Gasteiger partial charge in [-0.2, -0.15) is 0 Å². The first kappa shape index (κ1) is 21.1. The molecule has 2 rings (SSSR count). The molecule has 0 aliphatic carbocycles. The van der Waals surface area contributed by atoms with Crippen LogP contribution < -0.4 is 10.4 Å². The van der Waals surface area contributed by atoms with Crippen molar-refractivity contribution in [3.8, 4) is 5.75 Å². The van der Waals surface area contributed by atoms with Crippen molar-refractivity contribution >= 4 is 16.9 Å². The number of carbonyl (C=O) groups excluding carboxylic acids is 1. The van der Waals surface area contributed by atoms with Gasteiger partial charge in [0.15, 0.2) is 6.39 Å². The summed E-state index contributed by atoms with van der Waals surface area (Å²) in [6.07, 6.45) is 15.2. The van der Waals surface area contributed by atoms with Crippen molar-refractivity contribution in [3.05, 3.63) is 35.0 Å². The van der Waals surface area contributed by atoms with Gasteiger partial charge in [-0.25, -0.2) is 9.78 Å². The number of fused-ring (bicyclic) bond motifs is 1. The van der Waals surface area contributed by atoms with E-state index in [9.17, 15) is 9.59 Å². The maximum absolute atomic E-state index is 12.0. The van der Waals surface area contributed by atoms with E-state index in [2.05, 4.69) is 11.9 Å². The van der Waals surface area contributed by atoms with Crippen LogP contribution in [0.2, 0.25) is 0 Å². The van der Waals surface area contributed by atoms with E-state index < -0.39 is 5.63 Å². The van der Waals surface area contributed by atoms with Crippen LogP contribution in [0.25, 0.3) is 10.9 Å². The highest BCUT2D eigenvalue weighted by atomic mass is 16.5. The van der Waals surface area contributed by atoms with E-state index >= 15 is 0 Å². The van der Waals surface area contributed by atoms with E-state index in [1.54, 1.807) is 12.1 Å². The molecule has 0 bridgehead atoms. The number of unbranched alkanes of at least 4 members (excludes halogenated alkanes) is 10. The topological polar surface area (TPSA) is 69.4 Å². The Morgan fingerprint density at radius 3 is 2.26 bits per heavy atom. The summed E-state index contributed by atoms with van der Waals surface area (Å²) in [6, 6.07) is 4.80. The molecule has 0 aliphatic rings. The third-order valence-corrected chi connectivity index (χ3v) is 4.76. The van der Waals surface area contributed by atoms with Crippen molar-refractivity contribution in [2.75, 3.05) is 0 Å². The highest BCUT2D eigenvalue weighted by Gasteiger charge is 2.08. The molecular weight excluding hydrogens is 342 g/mol. The van der Waals surface area contributed by atoms with Crippen molar-refractivity contribution in [1.29, 1.82) is 0 Å². The van der Waals surface area contributed by atoms with E-state index in [-0.39, 0.29) is 5.97 Å². The number of esters is 1. The van der Waals surface area contributed by atoms with E-state index in [0.29, 0.717) is 23.1 Å². The summed E-state index contributed by atoms with van der Waals surface area (Å²) < 4.78 is 10.1. The molecule has 1 aromatic carbocycles. The molecular formula is C22H31NO4. The van der Waals surface area contributed by atoms with Crippen molar-refractivity contribution in [3.63, 3.8) is 0 Å². The van der Waals surface area contributed by atoms with Gasteiger partial charge in [-0.05, 0) is 24.6 Å². The number of nitrogens with zero attached hydrogens (tertiary/aromatic N) is 1. The van der Waals surface area contributed by atoms with Crippen LogP contribution in [0.15, 0.2) is 33.8 Å². The van der Waals surface area contributed by atoms with Gasteiger partial charge in [0.25, 0.3) is 0 Å². The number of benzene rings is 1. The molecule has 1 heterocycles. The predicted octanol–water partition coefficient (Wildman–Crippen LogP) is 5.79. The number of hydrogen-bond acceptors (Lipinski definition) is 5. The van der Waals surface area contributed by atoms with Crippen molar-refractivity contribution in [2.45, 2.75) is 84.0 Å². The Labute approximate surface area is 161 Å². The van der Waals surface area contributed by atoms with Crippen LogP contribution in [-0.4, -0.2) is 11.0 Å². The van der Waals surface area contributed by atoms with Gasteiger partial charge in [0.2, 0.25) is 0 Å². The van der Waals surface area contributed by atoms with Crippen molar-refractivity contribution in [2.24, 2.45) is 0 Å². The zero-order valence-electron chi connectivity index (χ0n) is 16.4. The Bertz CT molecular complexity index is 753. The second-order valence-corrected chi connectivity index (χ2v) is 7.08. The van der Waals surface area contributed by atoms with Crippen LogP contribution in [-0.2, 0) is 4.79 Å². The average Bonchev–Trinajstić information content (AvgIpc) is 2.67. The van der Waals surface area contributed by atoms with E-state index in [0.717, 1.165) is 19.2 Å². The van der Waals surface area contributed by atoms with Gasteiger partial charge in [-0.3, -0.25) is 4.79 Å². The number of carbonyl (C=O) groups is 1. The molecule has 5 heteroatoms. The smallest absolute Gasteiger partial charge is 0.346 e. The van der Waals surface area contributed by atoms with Crippen LogP contribution in [0, 0.1) is 0 Å². The molecule has 0 N–H and O–H groups in total. The number of hydrogen-bond donors (Lipinski definition) is 0. The molecule has 27 heavy (non-hydrogen) atoms. The number of rotatable bonds is 13. The average molecular weight is 373 g/mol. The molecule has 0 atom stereocenters. The Hall–Kier alpha value is -2.17. The number of ether oxygens (including phenoxy) is 1. The lowest BCUT2D eigenvalue weighted by molar-refractivity contribution is -0.134. The van der Waals surface area contributed by atoms with E-state index in [1.165, 1.54) is 63.9 Å². The minimum absolute atomic E-state index is 0.265. The van der Waals surface area contributed by atoms with Gasteiger partial charge < -0.3 is 9.15 Å². The molecule has 2 aromatic rings. The van der Waals surface area contributed by atoms with Crippen molar-refractivity contribution in [1.82, 2.24) is 4.98 Å². The van der Waals surface area contributed by atoms with Crippen LogP contribution >= 0.6 is 0 Å². The molecule has 0 unspecified atom stereocenters. The summed E-state index contributed by atoms with van der Waals surface area (Å²) in [4.78, 5) is 27.6.